The first-order chi connectivity index (χ1) is 7.88. The molecule has 0 fully saturated rings. The molecule has 0 aliphatic carbocycles. The van der Waals surface area contributed by atoms with Gasteiger partial charge in [0.2, 0.25) is 0 Å². The largest absolute Gasteiger partial charge is 0.255 e. The Kier molecular flexibility index (Phi) is 3.24. The van der Waals surface area contributed by atoms with Crippen molar-refractivity contribution in [2.45, 2.75) is 0 Å². The summed E-state index contributed by atoms with van der Waals surface area (Å²) in [4.78, 5) is 8.49. The first-order valence-electron chi connectivity index (χ1n) is 5.06. The molecule has 16 heavy (non-hydrogen) atoms. The van der Waals surface area contributed by atoms with Crippen molar-refractivity contribution in [3.8, 4) is 0 Å². The molecule has 78 valence electrons. The van der Waals surface area contributed by atoms with Gasteiger partial charge in [-0.3, -0.25) is 9.98 Å². The van der Waals surface area contributed by atoms with Crippen LogP contribution in [0.15, 0.2) is 60.2 Å². The van der Waals surface area contributed by atoms with Crippen LogP contribution in [0.1, 0.15) is 11.3 Å². The zero-order chi connectivity index (χ0) is 11.2. The molecule has 2 nitrogen and oxygen atoms in total. The smallest absolute Gasteiger partial charge is 0.0812 e. The first-order valence-corrected chi connectivity index (χ1v) is 5.06. The average Bonchev–Trinajstić information content (AvgIpc) is 2.38. The van der Waals surface area contributed by atoms with E-state index in [0.717, 1.165) is 16.9 Å². The lowest BCUT2D eigenvalue weighted by Gasteiger charge is -1.95. The molecule has 0 atom stereocenters. The molecule has 2 aromatic rings. The molecule has 0 aliphatic rings. The van der Waals surface area contributed by atoms with Gasteiger partial charge in [-0.05, 0) is 29.8 Å². The van der Waals surface area contributed by atoms with Crippen LogP contribution in [0, 0.1) is 0 Å². The third-order valence-corrected chi connectivity index (χ3v) is 2.16. The second-order valence-corrected chi connectivity index (χ2v) is 3.31. The number of hydrogen-bond acceptors (Lipinski definition) is 2. The summed E-state index contributed by atoms with van der Waals surface area (Å²) in [6, 6.07) is 13.6. The molecule has 0 N–H and O–H groups in total. The van der Waals surface area contributed by atoms with Gasteiger partial charge >= 0.3 is 0 Å². The molecule has 0 amide bonds. The van der Waals surface area contributed by atoms with Crippen LogP contribution in [0.25, 0.3) is 6.08 Å². The van der Waals surface area contributed by atoms with Gasteiger partial charge in [0.25, 0.3) is 0 Å². The van der Waals surface area contributed by atoms with Crippen molar-refractivity contribution in [2.75, 3.05) is 0 Å². The highest BCUT2D eigenvalue weighted by Gasteiger charge is 1.89. The van der Waals surface area contributed by atoms with E-state index >= 15 is 0 Å². The number of nitrogens with zero attached hydrogens (tertiary/aromatic N) is 2. The molecule has 2 heteroatoms. The minimum Gasteiger partial charge on any atom is -0.255 e. The standard InChI is InChI=1S/C14H12N2/c1-2-12-6-8-13(9-7-12)16-11-14-5-3-4-10-15-14/h2-11H,1H2/b16-11+. The fourth-order valence-electron chi connectivity index (χ4n) is 1.29. The first kappa shape index (κ1) is 10.3. The Labute approximate surface area is 95.0 Å². The molecular weight excluding hydrogens is 196 g/mol. The number of aliphatic imine (C=N–C) groups is 1. The summed E-state index contributed by atoms with van der Waals surface area (Å²) in [6.07, 6.45) is 5.32. The topological polar surface area (TPSA) is 25.2 Å². The second-order valence-electron chi connectivity index (χ2n) is 3.31. The molecule has 2 rings (SSSR count). The zero-order valence-electron chi connectivity index (χ0n) is 8.88. The SMILES string of the molecule is C=Cc1ccc(/N=C/c2ccccn2)cc1. The number of aromatic nitrogens is 1. The van der Waals surface area contributed by atoms with Gasteiger partial charge < -0.3 is 0 Å². The highest BCUT2D eigenvalue weighted by atomic mass is 14.8. The Morgan fingerprint density at radius 2 is 1.88 bits per heavy atom. The van der Waals surface area contributed by atoms with Crippen molar-refractivity contribution in [1.82, 2.24) is 4.98 Å². The van der Waals surface area contributed by atoms with Gasteiger partial charge in [-0.25, -0.2) is 0 Å². The van der Waals surface area contributed by atoms with E-state index < -0.39 is 0 Å². The van der Waals surface area contributed by atoms with Gasteiger partial charge in [0.1, 0.15) is 0 Å². The monoisotopic (exact) mass is 208 g/mol. The lowest BCUT2D eigenvalue weighted by Crippen LogP contribution is -1.83. The Morgan fingerprint density at radius 3 is 2.50 bits per heavy atom. The molecule has 0 bridgehead atoms. The molecule has 0 radical (unpaired) electrons. The molecule has 0 unspecified atom stereocenters. The lowest BCUT2D eigenvalue weighted by molar-refractivity contribution is 1.30. The maximum Gasteiger partial charge on any atom is 0.0812 e. The molecule has 0 spiro atoms. The predicted molar refractivity (Wildman–Crippen MR) is 68.0 cm³/mol. The molecular formula is C14H12N2. The van der Waals surface area contributed by atoms with Crippen molar-refractivity contribution in [3.63, 3.8) is 0 Å². The van der Waals surface area contributed by atoms with Crippen molar-refractivity contribution >= 4 is 18.0 Å². The van der Waals surface area contributed by atoms with Gasteiger partial charge in [-0.2, -0.15) is 0 Å². The van der Waals surface area contributed by atoms with Crippen LogP contribution in [-0.4, -0.2) is 11.2 Å². The van der Waals surface area contributed by atoms with Crippen LogP contribution < -0.4 is 0 Å². The number of rotatable bonds is 3. The van der Waals surface area contributed by atoms with Crippen molar-refractivity contribution < 1.29 is 0 Å². The van der Waals surface area contributed by atoms with Crippen LogP contribution in [-0.2, 0) is 0 Å². The van der Waals surface area contributed by atoms with E-state index in [0.29, 0.717) is 0 Å². The van der Waals surface area contributed by atoms with Gasteiger partial charge in [-0.1, -0.05) is 30.9 Å². The van der Waals surface area contributed by atoms with Gasteiger partial charge in [-0.15, -0.1) is 0 Å². The summed E-state index contributed by atoms with van der Waals surface area (Å²) in [7, 11) is 0. The summed E-state index contributed by atoms with van der Waals surface area (Å²) in [6.45, 7) is 3.71. The van der Waals surface area contributed by atoms with Crippen molar-refractivity contribution in [3.05, 3.63) is 66.5 Å². The molecule has 0 saturated carbocycles. The molecule has 0 saturated heterocycles. The summed E-state index contributed by atoms with van der Waals surface area (Å²) in [5, 5.41) is 0. The van der Waals surface area contributed by atoms with E-state index in [4.69, 9.17) is 0 Å². The maximum absolute atomic E-state index is 4.33. The van der Waals surface area contributed by atoms with Crippen LogP contribution in [0.3, 0.4) is 0 Å². The Bertz CT molecular complexity index is 484. The average molecular weight is 208 g/mol. The molecule has 0 aliphatic heterocycles. The van der Waals surface area contributed by atoms with Crippen LogP contribution in [0.4, 0.5) is 5.69 Å². The van der Waals surface area contributed by atoms with E-state index in [1.165, 1.54) is 0 Å². The predicted octanol–water partition coefficient (Wildman–Crippen LogP) is 3.48. The van der Waals surface area contributed by atoms with E-state index in [9.17, 15) is 0 Å². The van der Waals surface area contributed by atoms with E-state index in [2.05, 4.69) is 16.6 Å². The number of pyridine rings is 1. The van der Waals surface area contributed by atoms with E-state index in [1.807, 2.05) is 48.5 Å². The third-order valence-electron chi connectivity index (χ3n) is 2.16. The van der Waals surface area contributed by atoms with Crippen molar-refractivity contribution in [2.24, 2.45) is 4.99 Å². The molecule has 1 aromatic heterocycles. The summed E-state index contributed by atoms with van der Waals surface area (Å²) >= 11 is 0. The number of benzene rings is 1. The fourth-order valence-corrected chi connectivity index (χ4v) is 1.29. The van der Waals surface area contributed by atoms with Crippen LogP contribution in [0.2, 0.25) is 0 Å². The minimum atomic E-state index is 0.857. The Morgan fingerprint density at radius 1 is 1.06 bits per heavy atom. The van der Waals surface area contributed by atoms with Gasteiger partial charge in [0.05, 0.1) is 17.6 Å². The lowest BCUT2D eigenvalue weighted by atomic mass is 10.2. The highest BCUT2D eigenvalue weighted by molar-refractivity contribution is 5.79. The Hall–Kier alpha value is -2.22. The van der Waals surface area contributed by atoms with Crippen LogP contribution >= 0.6 is 0 Å². The summed E-state index contributed by atoms with van der Waals surface area (Å²) < 4.78 is 0. The van der Waals surface area contributed by atoms with Gasteiger partial charge in [0, 0.05) is 6.20 Å². The summed E-state index contributed by atoms with van der Waals surface area (Å²) in [5.74, 6) is 0. The Balaban J connectivity index is 2.14. The summed E-state index contributed by atoms with van der Waals surface area (Å²) in [5.41, 5.74) is 2.86. The quantitative estimate of drug-likeness (QED) is 0.709. The third kappa shape index (κ3) is 2.64. The van der Waals surface area contributed by atoms with E-state index in [1.54, 1.807) is 12.4 Å². The van der Waals surface area contributed by atoms with Crippen LogP contribution in [0.5, 0.6) is 0 Å². The van der Waals surface area contributed by atoms with Gasteiger partial charge in [0.15, 0.2) is 0 Å². The minimum absolute atomic E-state index is 0.857. The second kappa shape index (κ2) is 5.03. The van der Waals surface area contributed by atoms with E-state index in [-0.39, 0.29) is 0 Å². The highest BCUT2D eigenvalue weighted by Crippen LogP contribution is 2.13. The van der Waals surface area contributed by atoms with Crippen molar-refractivity contribution in [1.29, 1.82) is 0 Å². The fraction of sp³-hybridized carbons (Fsp3) is 0. The molecule has 1 heterocycles. The maximum atomic E-state index is 4.33. The number of hydrogen-bond donors (Lipinski definition) is 0. The molecule has 1 aromatic carbocycles. The zero-order valence-corrected chi connectivity index (χ0v) is 8.88. The normalized spacial score (nSPS) is 10.5.